The van der Waals surface area contributed by atoms with E-state index in [2.05, 4.69) is 9.72 Å². The van der Waals surface area contributed by atoms with Gasteiger partial charge < -0.3 is 14.8 Å². The largest absolute Gasteiger partial charge is 0.506 e. The molecule has 0 saturated carbocycles. The third-order valence-corrected chi connectivity index (χ3v) is 2.43. The summed E-state index contributed by atoms with van der Waals surface area (Å²) in [5, 5.41) is 10.1. The molecule has 1 aromatic heterocycles. The molecule has 0 saturated heterocycles. The van der Waals surface area contributed by atoms with E-state index in [4.69, 9.17) is 0 Å². The highest BCUT2D eigenvalue weighted by atomic mass is 19.1. The van der Waals surface area contributed by atoms with E-state index in [1.165, 1.54) is 6.07 Å². The maximum atomic E-state index is 13.0. The van der Waals surface area contributed by atoms with E-state index in [-0.39, 0.29) is 17.5 Å². The number of aromatic nitrogens is 1. The second-order valence-electron chi connectivity index (χ2n) is 3.59. The maximum absolute atomic E-state index is 13.0. The Morgan fingerprint density at radius 1 is 1.50 bits per heavy atom. The first-order valence-corrected chi connectivity index (χ1v) is 5.26. The Labute approximate surface area is 101 Å². The molecule has 0 fully saturated rings. The third-order valence-electron chi connectivity index (χ3n) is 2.43. The summed E-state index contributed by atoms with van der Waals surface area (Å²) in [6.45, 7) is 1.67. The highest BCUT2D eigenvalue weighted by molar-refractivity contribution is 5.99. The number of halogens is 1. The van der Waals surface area contributed by atoms with Crippen LogP contribution in [-0.2, 0) is 4.74 Å². The van der Waals surface area contributed by atoms with E-state index in [0.717, 1.165) is 12.1 Å². The summed E-state index contributed by atoms with van der Waals surface area (Å²) >= 11 is 0. The Kier molecular flexibility index (Phi) is 3.01. The van der Waals surface area contributed by atoms with Gasteiger partial charge >= 0.3 is 5.97 Å². The molecule has 0 unspecified atom stereocenters. The zero-order valence-electron chi connectivity index (χ0n) is 9.49. The zero-order chi connectivity index (χ0) is 13.3. The molecule has 18 heavy (non-hydrogen) atoms. The predicted molar refractivity (Wildman–Crippen MR) is 62.1 cm³/mol. The molecular weight excluding hydrogens is 241 g/mol. The number of benzene rings is 1. The highest BCUT2D eigenvalue weighted by Gasteiger charge is 2.20. The first-order chi connectivity index (χ1) is 8.54. The fourth-order valence-electron chi connectivity index (χ4n) is 1.65. The standard InChI is InChI=1S/C12H10FNO4/c1-2-18-12(17)9-10(15)7-4-3-6(13)5-8(7)14-11(9)16/h3-5H,2H2,1H3,(H2,14,15,16). The normalized spacial score (nSPS) is 10.6. The smallest absolute Gasteiger partial charge is 0.347 e. The van der Waals surface area contributed by atoms with Crippen molar-refractivity contribution in [3.05, 3.63) is 39.9 Å². The van der Waals surface area contributed by atoms with Crippen molar-refractivity contribution in [2.24, 2.45) is 0 Å². The summed E-state index contributed by atoms with van der Waals surface area (Å²) in [4.78, 5) is 25.5. The molecule has 0 spiro atoms. The molecular formula is C12H10FNO4. The van der Waals surface area contributed by atoms with Crippen LogP contribution in [0.4, 0.5) is 4.39 Å². The van der Waals surface area contributed by atoms with Crippen molar-refractivity contribution in [3.8, 4) is 5.75 Å². The monoisotopic (exact) mass is 251 g/mol. The molecule has 0 bridgehead atoms. The first-order valence-electron chi connectivity index (χ1n) is 5.26. The number of carbonyl (C=O) groups excluding carboxylic acids is 1. The second kappa shape index (κ2) is 4.48. The van der Waals surface area contributed by atoms with Gasteiger partial charge in [0.1, 0.15) is 11.6 Å². The lowest BCUT2D eigenvalue weighted by atomic mass is 10.1. The van der Waals surface area contributed by atoms with Gasteiger partial charge in [0.2, 0.25) is 0 Å². The summed E-state index contributed by atoms with van der Waals surface area (Å²) in [6.07, 6.45) is 0. The number of aromatic amines is 1. The number of ether oxygens (including phenoxy) is 1. The number of esters is 1. The van der Waals surface area contributed by atoms with Crippen LogP contribution in [0.1, 0.15) is 17.3 Å². The van der Waals surface area contributed by atoms with E-state index in [9.17, 15) is 19.1 Å². The number of hydrogen-bond donors (Lipinski definition) is 2. The van der Waals surface area contributed by atoms with E-state index in [1.54, 1.807) is 6.92 Å². The van der Waals surface area contributed by atoms with Gasteiger partial charge in [-0.2, -0.15) is 0 Å². The van der Waals surface area contributed by atoms with Crippen LogP contribution >= 0.6 is 0 Å². The van der Waals surface area contributed by atoms with Gasteiger partial charge in [0.05, 0.1) is 12.1 Å². The Hall–Kier alpha value is -2.37. The van der Waals surface area contributed by atoms with Crippen molar-refractivity contribution in [2.75, 3.05) is 6.61 Å². The Morgan fingerprint density at radius 2 is 2.22 bits per heavy atom. The molecule has 0 aliphatic heterocycles. The molecule has 0 amide bonds. The van der Waals surface area contributed by atoms with Crippen molar-refractivity contribution in [2.45, 2.75) is 6.92 Å². The maximum Gasteiger partial charge on any atom is 0.347 e. The molecule has 1 heterocycles. The topological polar surface area (TPSA) is 79.4 Å². The van der Waals surface area contributed by atoms with Crippen LogP contribution in [0.25, 0.3) is 10.9 Å². The number of carbonyl (C=O) groups is 1. The fourth-order valence-corrected chi connectivity index (χ4v) is 1.65. The SMILES string of the molecule is CCOC(=O)c1c(O)c2ccc(F)cc2[nH]c1=O. The fraction of sp³-hybridized carbons (Fsp3) is 0.167. The average molecular weight is 251 g/mol. The Bertz CT molecular complexity index is 678. The van der Waals surface area contributed by atoms with Gasteiger partial charge in [-0.05, 0) is 25.1 Å². The number of rotatable bonds is 2. The van der Waals surface area contributed by atoms with Gasteiger partial charge in [-0.25, -0.2) is 9.18 Å². The number of pyridine rings is 1. The molecule has 6 heteroatoms. The minimum absolute atomic E-state index is 0.0825. The van der Waals surface area contributed by atoms with E-state index in [0.29, 0.717) is 0 Å². The molecule has 0 atom stereocenters. The van der Waals surface area contributed by atoms with E-state index >= 15 is 0 Å². The van der Waals surface area contributed by atoms with Gasteiger partial charge in [-0.3, -0.25) is 4.79 Å². The molecule has 0 aliphatic carbocycles. The van der Waals surface area contributed by atoms with Crippen LogP contribution in [0.3, 0.4) is 0 Å². The lowest BCUT2D eigenvalue weighted by Crippen LogP contribution is -2.20. The van der Waals surface area contributed by atoms with Crippen LogP contribution in [0.15, 0.2) is 23.0 Å². The molecule has 0 radical (unpaired) electrons. The molecule has 2 aromatic rings. The lowest BCUT2D eigenvalue weighted by molar-refractivity contribution is 0.0521. The van der Waals surface area contributed by atoms with Gasteiger partial charge in [0, 0.05) is 5.39 Å². The predicted octanol–water partition coefficient (Wildman–Crippen LogP) is 1.55. The molecule has 2 rings (SSSR count). The molecule has 1 aromatic carbocycles. The van der Waals surface area contributed by atoms with Gasteiger partial charge in [0.25, 0.3) is 5.56 Å². The quantitative estimate of drug-likeness (QED) is 0.793. The van der Waals surface area contributed by atoms with Crippen LogP contribution < -0.4 is 5.56 Å². The number of hydrogen-bond acceptors (Lipinski definition) is 4. The lowest BCUT2D eigenvalue weighted by Gasteiger charge is -2.06. The Morgan fingerprint density at radius 3 is 2.89 bits per heavy atom. The highest BCUT2D eigenvalue weighted by Crippen LogP contribution is 2.25. The number of fused-ring (bicyclic) bond motifs is 1. The minimum Gasteiger partial charge on any atom is -0.506 e. The number of aromatic hydroxyl groups is 1. The number of H-pyrrole nitrogens is 1. The van der Waals surface area contributed by atoms with Crippen molar-refractivity contribution in [1.29, 1.82) is 0 Å². The summed E-state index contributed by atoms with van der Waals surface area (Å²) in [6, 6.07) is 3.46. The van der Waals surface area contributed by atoms with Crippen molar-refractivity contribution in [1.82, 2.24) is 4.98 Å². The van der Waals surface area contributed by atoms with Crippen LogP contribution in [0, 0.1) is 5.82 Å². The van der Waals surface area contributed by atoms with Crippen LogP contribution in [0.2, 0.25) is 0 Å². The molecule has 2 N–H and O–H groups in total. The third kappa shape index (κ3) is 1.92. The van der Waals surface area contributed by atoms with Crippen LogP contribution in [-0.4, -0.2) is 22.7 Å². The van der Waals surface area contributed by atoms with E-state index < -0.39 is 28.7 Å². The van der Waals surface area contributed by atoms with Crippen LogP contribution in [0.5, 0.6) is 5.75 Å². The molecule has 0 aliphatic rings. The summed E-state index contributed by atoms with van der Waals surface area (Å²) < 4.78 is 17.7. The Balaban J connectivity index is 2.73. The van der Waals surface area contributed by atoms with Gasteiger partial charge in [-0.1, -0.05) is 0 Å². The summed E-state index contributed by atoms with van der Waals surface area (Å²) in [5.41, 5.74) is -1.18. The summed E-state index contributed by atoms with van der Waals surface area (Å²) in [7, 11) is 0. The van der Waals surface area contributed by atoms with Gasteiger partial charge in [0.15, 0.2) is 5.56 Å². The average Bonchev–Trinajstić information content (AvgIpc) is 2.28. The van der Waals surface area contributed by atoms with Crippen molar-refractivity contribution in [3.63, 3.8) is 0 Å². The van der Waals surface area contributed by atoms with Crippen molar-refractivity contribution >= 4 is 16.9 Å². The second-order valence-corrected chi connectivity index (χ2v) is 3.59. The van der Waals surface area contributed by atoms with Gasteiger partial charge in [-0.15, -0.1) is 0 Å². The first kappa shape index (κ1) is 12.1. The summed E-state index contributed by atoms with van der Waals surface area (Å²) in [5.74, 6) is -1.98. The minimum atomic E-state index is -0.914. The molecule has 5 nitrogen and oxygen atoms in total. The molecule has 94 valence electrons. The number of nitrogens with one attached hydrogen (secondary N) is 1. The zero-order valence-corrected chi connectivity index (χ0v) is 9.49. The van der Waals surface area contributed by atoms with Crippen molar-refractivity contribution < 1.29 is 19.0 Å². The van der Waals surface area contributed by atoms with E-state index in [1.807, 2.05) is 0 Å².